The van der Waals surface area contributed by atoms with Gasteiger partial charge in [-0.15, -0.1) is 18.3 Å². The molecule has 0 saturated heterocycles. The minimum absolute atomic E-state index is 0.0583. The van der Waals surface area contributed by atoms with Crippen LogP contribution in [-0.4, -0.2) is 22.0 Å². The van der Waals surface area contributed by atoms with Crippen molar-refractivity contribution in [2.75, 3.05) is 5.75 Å². The fourth-order valence-corrected chi connectivity index (χ4v) is 1.02. The van der Waals surface area contributed by atoms with Crippen molar-refractivity contribution in [1.29, 1.82) is 0 Å². The fourth-order valence-electron chi connectivity index (χ4n) is 0.379. The van der Waals surface area contributed by atoms with Crippen LogP contribution in [0.5, 0.6) is 0 Å². The minimum atomic E-state index is 0.0583. The van der Waals surface area contributed by atoms with Gasteiger partial charge in [-0.05, 0) is 6.92 Å². The summed E-state index contributed by atoms with van der Waals surface area (Å²) < 4.78 is 0. The maximum absolute atomic E-state index is 8.23. The summed E-state index contributed by atoms with van der Waals surface area (Å²) in [5, 5.41) is 11.2. The molecule has 10 heavy (non-hydrogen) atoms. The van der Waals surface area contributed by atoms with Gasteiger partial charge in [-0.2, -0.15) is 0 Å². The van der Waals surface area contributed by atoms with Crippen molar-refractivity contribution in [2.45, 2.75) is 12.2 Å². The van der Waals surface area contributed by atoms with Gasteiger partial charge in [-0.3, -0.25) is 0 Å². The van der Waals surface area contributed by atoms with Gasteiger partial charge >= 0.3 is 0 Å². The van der Waals surface area contributed by atoms with E-state index in [2.05, 4.69) is 11.7 Å². The molecule has 1 unspecified atom stereocenters. The van der Waals surface area contributed by atoms with Crippen LogP contribution in [0, 0.1) is 0 Å². The second kappa shape index (κ2) is 5.17. The molecule has 0 radical (unpaired) electrons. The van der Waals surface area contributed by atoms with Gasteiger partial charge in [-0.1, -0.05) is 11.2 Å². The molecule has 3 N–H and O–H groups in total. The topological polar surface area (TPSA) is 58.6 Å². The molecule has 0 heterocycles. The van der Waals surface area contributed by atoms with E-state index in [0.717, 1.165) is 5.75 Å². The summed E-state index contributed by atoms with van der Waals surface area (Å²) in [5.74, 6) is 1.07. The standard InChI is InChI=1S/C6H12N2OS/c1-3-4-10-5(2)6(7)8-9/h3,5,9H,1,4H2,2H3,(H2,7,8). The van der Waals surface area contributed by atoms with Crippen LogP contribution in [0.3, 0.4) is 0 Å². The number of oxime groups is 1. The maximum atomic E-state index is 8.23. The van der Waals surface area contributed by atoms with Gasteiger partial charge in [0.05, 0.1) is 5.25 Å². The number of thioether (sulfide) groups is 1. The highest BCUT2D eigenvalue weighted by Crippen LogP contribution is 2.09. The number of nitrogens with two attached hydrogens (primary N) is 1. The van der Waals surface area contributed by atoms with Crippen molar-refractivity contribution >= 4 is 17.6 Å². The third kappa shape index (κ3) is 3.40. The van der Waals surface area contributed by atoms with Crippen molar-refractivity contribution in [2.24, 2.45) is 10.9 Å². The van der Waals surface area contributed by atoms with Gasteiger partial charge in [0, 0.05) is 5.75 Å². The van der Waals surface area contributed by atoms with Gasteiger partial charge in [0.25, 0.3) is 0 Å². The van der Waals surface area contributed by atoms with Crippen LogP contribution in [0.1, 0.15) is 6.92 Å². The summed E-state index contributed by atoms with van der Waals surface area (Å²) in [6.45, 7) is 5.43. The van der Waals surface area contributed by atoms with Crippen LogP contribution in [0.2, 0.25) is 0 Å². The van der Waals surface area contributed by atoms with Crippen LogP contribution >= 0.6 is 11.8 Å². The van der Waals surface area contributed by atoms with Gasteiger partial charge in [0.1, 0.15) is 0 Å². The Morgan fingerprint density at radius 3 is 3.00 bits per heavy atom. The molecule has 0 rings (SSSR count). The predicted molar refractivity (Wildman–Crippen MR) is 45.5 cm³/mol. The minimum Gasteiger partial charge on any atom is -0.409 e. The molecule has 0 saturated carbocycles. The Kier molecular flexibility index (Phi) is 4.84. The zero-order valence-corrected chi connectivity index (χ0v) is 6.77. The first-order valence-corrected chi connectivity index (χ1v) is 3.97. The lowest BCUT2D eigenvalue weighted by molar-refractivity contribution is 0.317. The van der Waals surface area contributed by atoms with E-state index in [-0.39, 0.29) is 11.1 Å². The lowest BCUT2D eigenvalue weighted by atomic mass is 10.4. The van der Waals surface area contributed by atoms with Crippen molar-refractivity contribution in [3.63, 3.8) is 0 Å². The summed E-state index contributed by atoms with van der Waals surface area (Å²) >= 11 is 1.58. The van der Waals surface area contributed by atoms with Crippen LogP contribution in [0.15, 0.2) is 17.8 Å². The Hall–Kier alpha value is -0.640. The number of nitrogens with zero attached hydrogens (tertiary/aromatic N) is 1. The van der Waals surface area contributed by atoms with E-state index in [9.17, 15) is 0 Å². The van der Waals surface area contributed by atoms with Gasteiger partial charge in [0.2, 0.25) is 0 Å². The van der Waals surface area contributed by atoms with E-state index in [4.69, 9.17) is 10.9 Å². The number of amidine groups is 1. The first kappa shape index (κ1) is 9.36. The smallest absolute Gasteiger partial charge is 0.152 e. The van der Waals surface area contributed by atoms with E-state index < -0.39 is 0 Å². The van der Waals surface area contributed by atoms with Crippen LogP contribution < -0.4 is 5.73 Å². The molecule has 0 amide bonds. The number of rotatable bonds is 4. The molecule has 0 bridgehead atoms. The molecule has 0 aromatic rings. The molecular formula is C6H12N2OS. The molecule has 0 aliphatic rings. The lowest BCUT2D eigenvalue weighted by Gasteiger charge is -2.05. The molecule has 0 fully saturated rings. The molecule has 0 aliphatic heterocycles. The SMILES string of the molecule is C=CCSC(C)/C(N)=N/O. The number of hydrogen-bond acceptors (Lipinski definition) is 3. The average molecular weight is 160 g/mol. The highest BCUT2D eigenvalue weighted by atomic mass is 32.2. The zero-order valence-electron chi connectivity index (χ0n) is 5.95. The van der Waals surface area contributed by atoms with Crippen molar-refractivity contribution in [3.05, 3.63) is 12.7 Å². The second-order valence-electron chi connectivity index (χ2n) is 1.79. The normalized spacial score (nSPS) is 14.7. The Balaban J connectivity index is 3.61. The molecule has 0 aliphatic carbocycles. The highest BCUT2D eigenvalue weighted by Gasteiger charge is 2.05. The largest absolute Gasteiger partial charge is 0.409 e. The van der Waals surface area contributed by atoms with Crippen LogP contribution in [0.4, 0.5) is 0 Å². The highest BCUT2D eigenvalue weighted by molar-refractivity contribution is 8.00. The summed E-state index contributed by atoms with van der Waals surface area (Å²) in [4.78, 5) is 0. The molecule has 1 atom stereocenters. The predicted octanol–water partition coefficient (Wildman–Crippen LogP) is 1.04. The van der Waals surface area contributed by atoms with Gasteiger partial charge in [0.15, 0.2) is 5.84 Å². The lowest BCUT2D eigenvalue weighted by Crippen LogP contribution is -2.23. The Labute approximate surface area is 65.0 Å². The summed E-state index contributed by atoms with van der Waals surface area (Å²) in [6.07, 6.45) is 1.78. The molecule has 3 nitrogen and oxygen atoms in total. The van der Waals surface area contributed by atoms with Gasteiger partial charge in [-0.25, -0.2) is 0 Å². The third-order valence-corrected chi connectivity index (χ3v) is 2.17. The van der Waals surface area contributed by atoms with Crippen LogP contribution in [0.25, 0.3) is 0 Å². The first-order chi connectivity index (χ1) is 4.72. The van der Waals surface area contributed by atoms with Crippen molar-refractivity contribution < 1.29 is 5.21 Å². The fraction of sp³-hybridized carbons (Fsp3) is 0.500. The molecule has 58 valence electrons. The number of hydrogen-bond donors (Lipinski definition) is 2. The van der Waals surface area contributed by atoms with E-state index in [1.807, 2.05) is 6.92 Å². The molecule has 0 aromatic heterocycles. The average Bonchev–Trinajstić information content (AvgIpc) is 1.98. The van der Waals surface area contributed by atoms with E-state index in [0.29, 0.717) is 0 Å². The molecule has 4 heteroatoms. The zero-order chi connectivity index (χ0) is 7.98. The van der Waals surface area contributed by atoms with Crippen molar-refractivity contribution in [3.8, 4) is 0 Å². The van der Waals surface area contributed by atoms with E-state index in [1.54, 1.807) is 17.8 Å². The summed E-state index contributed by atoms with van der Waals surface area (Å²) in [5.41, 5.74) is 5.30. The second-order valence-corrected chi connectivity index (χ2v) is 3.16. The maximum Gasteiger partial charge on any atom is 0.152 e. The summed E-state index contributed by atoms with van der Waals surface area (Å²) in [6, 6.07) is 0. The van der Waals surface area contributed by atoms with Gasteiger partial charge < -0.3 is 10.9 Å². The van der Waals surface area contributed by atoms with Crippen LogP contribution in [-0.2, 0) is 0 Å². The molecular weight excluding hydrogens is 148 g/mol. The Bertz CT molecular complexity index is 136. The molecule has 0 spiro atoms. The quantitative estimate of drug-likeness (QED) is 0.212. The van der Waals surface area contributed by atoms with Crippen molar-refractivity contribution in [1.82, 2.24) is 0 Å². The Morgan fingerprint density at radius 2 is 2.60 bits per heavy atom. The van der Waals surface area contributed by atoms with E-state index >= 15 is 0 Å². The third-order valence-electron chi connectivity index (χ3n) is 0.996. The molecule has 0 aromatic carbocycles. The monoisotopic (exact) mass is 160 g/mol. The Morgan fingerprint density at radius 1 is 2.00 bits per heavy atom. The summed E-state index contributed by atoms with van der Waals surface area (Å²) in [7, 11) is 0. The van der Waals surface area contributed by atoms with E-state index in [1.165, 1.54) is 0 Å². The first-order valence-electron chi connectivity index (χ1n) is 2.92.